The first kappa shape index (κ1) is 16.7. The molecule has 0 bridgehead atoms. The summed E-state index contributed by atoms with van der Waals surface area (Å²) in [6, 6.07) is 16.5. The van der Waals surface area contributed by atoms with Crippen molar-refractivity contribution >= 4 is 11.6 Å². The van der Waals surface area contributed by atoms with E-state index in [0.29, 0.717) is 5.92 Å². The molecule has 3 rings (SSSR count). The van der Waals surface area contributed by atoms with Crippen molar-refractivity contribution < 1.29 is 4.79 Å². The third-order valence-corrected chi connectivity index (χ3v) is 4.93. The van der Waals surface area contributed by atoms with Crippen molar-refractivity contribution in [3.05, 3.63) is 65.2 Å². The highest BCUT2D eigenvalue weighted by atomic mass is 16.2. The average molecular weight is 322 g/mol. The van der Waals surface area contributed by atoms with Crippen LogP contribution in [-0.2, 0) is 17.8 Å². The molecule has 0 spiro atoms. The molecule has 2 aromatic rings. The maximum absolute atomic E-state index is 12.6. The molecule has 1 N–H and O–H groups in total. The minimum Gasteiger partial charge on any atom is -0.325 e. The number of hydrogen-bond acceptors (Lipinski definition) is 2. The van der Waals surface area contributed by atoms with Gasteiger partial charge in [-0.3, -0.25) is 9.69 Å². The van der Waals surface area contributed by atoms with E-state index in [1.807, 2.05) is 19.1 Å². The van der Waals surface area contributed by atoms with E-state index in [9.17, 15) is 4.79 Å². The smallest absolute Gasteiger partial charge is 0.241 e. The topological polar surface area (TPSA) is 32.3 Å². The van der Waals surface area contributed by atoms with Gasteiger partial charge in [0.1, 0.15) is 0 Å². The number of fused-ring (bicyclic) bond motifs is 1. The highest BCUT2D eigenvalue weighted by Gasteiger charge is 2.25. The fourth-order valence-corrected chi connectivity index (χ4v) is 3.21. The Kier molecular flexibility index (Phi) is 5.00. The minimum atomic E-state index is -0.136. The number of amides is 1. The van der Waals surface area contributed by atoms with Gasteiger partial charge < -0.3 is 5.32 Å². The zero-order chi connectivity index (χ0) is 17.1. The summed E-state index contributed by atoms with van der Waals surface area (Å²) in [5.74, 6) is 0.564. The predicted molar refractivity (Wildman–Crippen MR) is 99.2 cm³/mol. The van der Waals surface area contributed by atoms with Crippen molar-refractivity contribution in [1.29, 1.82) is 0 Å². The van der Waals surface area contributed by atoms with Crippen LogP contribution in [0.2, 0.25) is 0 Å². The largest absolute Gasteiger partial charge is 0.325 e. The fraction of sp³-hybridized carbons (Fsp3) is 0.381. The number of hydrogen-bond donors (Lipinski definition) is 1. The van der Waals surface area contributed by atoms with Crippen molar-refractivity contribution in [2.45, 2.75) is 45.7 Å². The van der Waals surface area contributed by atoms with Crippen LogP contribution in [0.3, 0.4) is 0 Å². The van der Waals surface area contributed by atoms with Crippen LogP contribution in [0, 0.1) is 0 Å². The van der Waals surface area contributed by atoms with Crippen molar-refractivity contribution in [3.63, 3.8) is 0 Å². The Morgan fingerprint density at radius 2 is 1.67 bits per heavy atom. The quantitative estimate of drug-likeness (QED) is 0.915. The standard InChI is InChI=1S/C21H26N2O/c1-15(2)17-8-10-20(11-9-17)22-21(24)16(3)23-13-12-18-6-4-5-7-19(18)14-23/h4-11,15-16H,12-14H2,1-3H3,(H,22,24)/t16-/m1/s1. The average Bonchev–Trinajstić information content (AvgIpc) is 2.61. The molecule has 1 heterocycles. The Bertz CT molecular complexity index is 706. The summed E-state index contributed by atoms with van der Waals surface area (Å²) in [6.45, 7) is 8.11. The lowest BCUT2D eigenvalue weighted by molar-refractivity contribution is -0.121. The molecule has 1 aliphatic rings. The molecule has 0 unspecified atom stereocenters. The Morgan fingerprint density at radius 3 is 2.33 bits per heavy atom. The summed E-state index contributed by atoms with van der Waals surface area (Å²) in [5.41, 5.74) is 4.90. The van der Waals surface area contributed by atoms with Crippen LogP contribution >= 0.6 is 0 Å². The summed E-state index contributed by atoms with van der Waals surface area (Å²) < 4.78 is 0. The van der Waals surface area contributed by atoms with Gasteiger partial charge >= 0.3 is 0 Å². The van der Waals surface area contributed by atoms with Crippen molar-refractivity contribution in [1.82, 2.24) is 4.90 Å². The lowest BCUT2D eigenvalue weighted by atomic mass is 9.98. The molecule has 126 valence electrons. The molecule has 0 radical (unpaired) electrons. The zero-order valence-electron chi connectivity index (χ0n) is 14.8. The molecular formula is C21H26N2O. The molecule has 0 fully saturated rings. The van der Waals surface area contributed by atoms with Crippen molar-refractivity contribution in [2.75, 3.05) is 11.9 Å². The summed E-state index contributed by atoms with van der Waals surface area (Å²) in [4.78, 5) is 14.8. The van der Waals surface area contributed by atoms with Gasteiger partial charge in [-0.2, -0.15) is 0 Å². The third-order valence-electron chi connectivity index (χ3n) is 4.93. The highest BCUT2D eigenvalue weighted by Crippen LogP contribution is 2.21. The normalized spacial score (nSPS) is 15.8. The van der Waals surface area contributed by atoms with E-state index in [1.165, 1.54) is 16.7 Å². The van der Waals surface area contributed by atoms with Crippen LogP contribution in [0.25, 0.3) is 0 Å². The van der Waals surface area contributed by atoms with E-state index in [2.05, 4.69) is 60.5 Å². The SMILES string of the molecule is CC(C)c1ccc(NC(=O)[C@@H](C)N2CCc3ccccc3C2)cc1. The number of benzene rings is 2. The molecule has 1 aliphatic heterocycles. The van der Waals surface area contributed by atoms with Crippen LogP contribution in [0.1, 0.15) is 43.4 Å². The van der Waals surface area contributed by atoms with Gasteiger partial charge in [0.25, 0.3) is 0 Å². The molecule has 1 amide bonds. The monoisotopic (exact) mass is 322 g/mol. The second-order valence-corrected chi connectivity index (χ2v) is 6.93. The summed E-state index contributed by atoms with van der Waals surface area (Å²) in [7, 11) is 0. The van der Waals surface area contributed by atoms with Crippen LogP contribution in [0.4, 0.5) is 5.69 Å². The van der Waals surface area contributed by atoms with Crippen molar-refractivity contribution in [2.24, 2.45) is 0 Å². The first-order valence-corrected chi connectivity index (χ1v) is 8.76. The molecule has 2 aromatic carbocycles. The lowest BCUT2D eigenvalue weighted by Gasteiger charge is -2.32. The molecule has 0 aliphatic carbocycles. The van der Waals surface area contributed by atoms with Crippen LogP contribution in [0.15, 0.2) is 48.5 Å². The van der Waals surface area contributed by atoms with Gasteiger partial charge in [0, 0.05) is 18.8 Å². The van der Waals surface area contributed by atoms with E-state index in [1.54, 1.807) is 0 Å². The second kappa shape index (κ2) is 7.18. The molecule has 0 aromatic heterocycles. The first-order chi connectivity index (χ1) is 11.5. The van der Waals surface area contributed by atoms with Gasteiger partial charge in [-0.25, -0.2) is 0 Å². The van der Waals surface area contributed by atoms with E-state index < -0.39 is 0 Å². The lowest BCUT2D eigenvalue weighted by Crippen LogP contribution is -2.44. The maximum Gasteiger partial charge on any atom is 0.241 e. The van der Waals surface area contributed by atoms with E-state index >= 15 is 0 Å². The number of nitrogens with zero attached hydrogens (tertiary/aromatic N) is 1. The maximum atomic E-state index is 12.6. The van der Waals surface area contributed by atoms with Gasteiger partial charge in [0.05, 0.1) is 6.04 Å². The molecule has 0 saturated heterocycles. The number of rotatable bonds is 4. The Morgan fingerprint density at radius 1 is 1.00 bits per heavy atom. The highest BCUT2D eigenvalue weighted by molar-refractivity contribution is 5.94. The molecule has 24 heavy (non-hydrogen) atoms. The minimum absolute atomic E-state index is 0.0617. The molecule has 0 saturated carbocycles. The zero-order valence-corrected chi connectivity index (χ0v) is 14.8. The van der Waals surface area contributed by atoms with Crippen LogP contribution < -0.4 is 5.32 Å². The predicted octanol–water partition coefficient (Wildman–Crippen LogP) is 4.20. The Hall–Kier alpha value is -2.13. The van der Waals surface area contributed by atoms with Gasteiger partial charge in [-0.05, 0) is 48.1 Å². The molecular weight excluding hydrogens is 296 g/mol. The molecule has 3 heteroatoms. The molecule has 3 nitrogen and oxygen atoms in total. The van der Waals surface area contributed by atoms with E-state index in [0.717, 1.165) is 25.2 Å². The number of carbonyl (C=O) groups is 1. The van der Waals surface area contributed by atoms with Gasteiger partial charge in [0.15, 0.2) is 0 Å². The van der Waals surface area contributed by atoms with Gasteiger partial charge in [-0.1, -0.05) is 50.2 Å². The second-order valence-electron chi connectivity index (χ2n) is 6.93. The number of nitrogens with one attached hydrogen (secondary N) is 1. The van der Waals surface area contributed by atoms with Crippen LogP contribution in [-0.4, -0.2) is 23.4 Å². The summed E-state index contributed by atoms with van der Waals surface area (Å²) in [6.07, 6.45) is 1.01. The summed E-state index contributed by atoms with van der Waals surface area (Å²) in [5, 5.41) is 3.05. The van der Waals surface area contributed by atoms with E-state index in [4.69, 9.17) is 0 Å². The third kappa shape index (κ3) is 3.68. The van der Waals surface area contributed by atoms with E-state index in [-0.39, 0.29) is 11.9 Å². The first-order valence-electron chi connectivity index (χ1n) is 8.76. The fourth-order valence-electron chi connectivity index (χ4n) is 3.21. The van der Waals surface area contributed by atoms with Gasteiger partial charge in [0.2, 0.25) is 5.91 Å². The number of anilines is 1. The number of carbonyl (C=O) groups excluding carboxylic acids is 1. The molecule has 1 atom stereocenters. The Labute approximate surface area is 144 Å². The van der Waals surface area contributed by atoms with Crippen LogP contribution in [0.5, 0.6) is 0 Å². The van der Waals surface area contributed by atoms with Gasteiger partial charge in [-0.15, -0.1) is 0 Å². The van der Waals surface area contributed by atoms with Crippen molar-refractivity contribution in [3.8, 4) is 0 Å². The summed E-state index contributed by atoms with van der Waals surface area (Å²) >= 11 is 0. The Balaban J connectivity index is 1.63.